The van der Waals surface area contributed by atoms with Gasteiger partial charge in [0.1, 0.15) is 17.7 Å². The minimum atomic E-state index is -1.31. The lowest BCUT2D eigenvalue weighted by Gasteiger charge is -2.39. The van der Waals surface area contributed by atoms with Crippen molar-refractivity contribution in [3.63, 3.8) is 0 Å². The van der Waals surface area contributed by atoms with Crippen LogP contribution in [0.5, 0.6) is 0 Å². The maximum atomic E-state index is 15.0. The molecule has 2 aromatic carbocycles. The Morgan fingerprint density at radius 3 is 2.43 bits per heavy atom. The molecule has 5 rings (SSSR count). The second-order valence-electron chi connectivity index (χ2n) is 13.7. The Bertz CT molecular complexity index is 1590. The van der Waals surface area contributed by atoms with Crippen molar-refractivity contribution >= 4 is 29.4 Å². The van der Waals surface area contributed by atoms with Gasteiger partial charge in [-0.3, -0.25) is 19.2 Å². The van der Waals surface area contributed by atoms with Crippen LogP contribution in [0.25, 0.3) is 0 Å². The molecular formula is C40H51N3O8. The van der Waals surface area contributed by atoms with E-state index < -0.39 is 59.6 Å². The number of amides is 3. The van der Waals surface area contributed by atoms with E-state index in [9.17, 15) is 24.3 Å². The van der Waals surface area contributed by atoms with Crippen molar-refractivity contribution in [3.8, 4) is 0 Å². The SMILES string of the molecule is C=CCCC(=O)N[C@H](COC)[C@H](OC(=O)[C@@H]1[C@@H]2CC[C@]3(O2)[C@H](C(=O)N(CC=C)c2c(C)cccc2C)N([C@@H](CC)CO)C(=O)[C@@H]13)c1ccccc1. The highest BCUT2D eigenvalue weighted by Crippen LogP contribution is 2.59. The predicted molar refractivity (Wildman–Crippen MR) is 193 cm³/mol. The lowest BCUT2D eigenvalue weighted by Crippen LogP contribution is -2.59. The number of nitrogens with one attached hydrogen (secondary N) is 1. The van der Waals surface area contributed by atoms with E-state index >= 15 is 0 Å². The number of fused-ring (bicyclic) bond motifs is 1. The summed E-state index contributed by atoms with van der Waals surface area (Å²) in [5.74, 6) is -3.70. The summed E-state index contributed by atoms with van der Waals surface area (Å²) in [6, 6.07) is 12.4. The average Bonchev–Trinajstić information content (AvgIpc) is 3.77. The number of ether oxygens (including phenoxy) is 3. The Hall–Kier alpha value is -4.32. The summed E-state index contributed by atoms with van der Waals surface area (Å²) in [4.78, 5) is 60.2. The maximum absolute atomic E-state index is 15.0. The van der Waals surface area contributed by atoms with Crippen LogP contribution in [0.15, 0.2) is 73.8 Å². The third kappa shape index (κ3) is 7.11. The molecule has 0 aromatic heterocycles. The van der Waals surface area contributed by atoms with E-state index in [-0.39, 0.29) is 38.0 Å². The first-order valence-electron chi connectivity index (χ1n) is 17.8. The molecule has 3 aliphatic heterocycles. The smallest absolute Gasteiger partial charge is 0.313 e. The molecule has 0 aliphatic carbocycles. The number of benzene rings is 2. The highest BCUT2D eigenvalue weighted by molar-refractivity contribution is 6.05. The number of carbonyl (C=O) groups excluding carboxylic acids is 4. The molecule has 11 heteroatoms. The summed E-state index contributed by atoms with van der Waals surface area (Å²) in [7, 11) is 1.50. The summed E-state index contributed by atoms with van der Waals surface area (Å²) in [5, 5.41) is 13.5. The van der Waals surface area contributed by atoms with Gasteiger partial charge in [0.05, 0.1) is 43.2 Å². The number of hydrogen-bond donors (Lipinski definition) is 2. The van der Waals surface area contributed by atoms with Crippen molar-refractivity contribution in [1.29, 1.82) is 0 Å². The number of likely N-dealkylation sites (tertiary alicyclic amines) is 1. The predicted octanol–water partition coefficient (Wildman–Crippen LogP) is 4.35. The number of aryl methyl sites for hydroxylation is 2. The summed E-state index contributed by atoms with van der Waals surface area (Å²) in [6.07, 6.45) is 3.59. The molecule has 3 fully saturated rings. The van der Waals surface area contributed by atoms with Crippen molar-refractivity contribution in [2.24, 2.45) is 11.8 Å². The summed E-state index contributed by atoms with van der Waals surface area (Å²) in [6.45, 7) is 13.2. The average molecular weight is 702 g/mol. The number of carbonyl (C=O) groups is 4. The third-order valence-corrected chi connectivity index (χ3v) is 10.6. The Labute approximate surface area is 300 Å². The Balaban J connectivity index is 1.54. The molecule has 1 spiro atoms. The van der Waals surface area contributed by atoms with E-state index in [2.05, 4.69) is 18.5 Å². The van der Waals surface area contributed by atoms with Crippen LogP contribution in [-0.4, -0.2) is 90.4 Å². The molecule has 8 atom stereocenters. The quantitative estimate of drug-likeness (QED) is 0.184. The molecule has 3 saturated heterocycles. The van der Waals surface area contributed by atoms with Crippen LogP contribution < -0.4 is 10.2 Å². The maximum Gasteiger partial charge on any atom is 0.313 e. The fraction of sp³-hybridized carbons (Fsp3) is 0.500. The van der Waals surface area contributed by atoms with E-state index in [0.717, 1.165) is 16.8 Å². The number of methoxy groups -OCH3 is 1. The van der Waals surface area contributed by atoms with Gasteiger partial charge in [0, 0.05) is 25.8 Å². The molecule has 3 heterocycles. The van der Waals surface area contributed by atoms with Gasteiger partial charge >= 0.3 is 5.97 Å². The van der Waals surface area contributed by atoms with Gasteiger partial charge < -0.3 is 34.4 Å². The second kappa shape index (κ2) is 16.4. The van der Waals surface area contributed by atoms with Crippen molar-refractivity contribution in [2.45, 2.75) is 88.8 Å². The number of hydrogen-bond acceptors (Lipinski definition) is 8. The number of anilines is 1. The first-order chi connectivity index (χ1) is 24.6. The molecule has 2 N–H and O–H groups in total. The topological polar surface area (TPSA) is 135 Å². The van der Waals surface area contributed by atoms with Crippen LogP contribution in [0.3, 0.4) is 0 Å². The van der Waals surface area contributed by atoms with Gasteiger partial charge in [-0.05, 0) is 56.2 Å². The number of aliphatic hydroxyl groups is 1. The molecule has 51 heavy (non-hydrogen) atoms. The Morgan fingerprint density at radius 2 is 1.82 bits per heavy atom. The van der Waals surface area contributed by atoms with Gasteiger partial charge in [0.15, 0.2) is 0 Å². The van der Waals surface area contributed by atoms with E-state index in [1.165, 1.54) is 12.0 Å². The van der Waals surface area contributed by atoms with Crippen molar-refractivity contribution in [1.82, 2.24) is 10.2 Å². The minimum Gasteiger partial charge on any atom is -0.455 e. The number of rotatable bonds is 17. The van der Waals surface area contributed by atoms with Crippen molar-refractivity contribution in [3.05, 3.63) is 90.5 Å². The highest BCUT2D eigenvalue weighted by Gasteiger charge is 2.75. The largest absolute Gasteiger partial charge is 0.455 e. The number of esters is 1. The molecule has 0 radical (unpaired) electrons. The Kier molecular flexibility index (Phi) is 12.2. The van der Waals surface area contributed by atoms with E-state index in [4.69, 9.17) is 14.2 Å². The van der Waals surface area contributed by atoms with Crippen LogP contribution >= 0.6 is 0 Å². The van der Waals surface area contributed by atoms with Crippen LogP contribution in [0.4, 0.5) is 5.69 Å². The van der Waals surface area contributed by atoms with Gasteiger partial charge in [0.25, 0.3) is 5.91 Å². The Morgan fingerprint density at radius 1 is 1.12 bits per heavy atom. The molecular weight excluding hydrogens is 650 g/mol. The fourth-order valence-corrected chi connectivity index (χ4v) is 8.37. The first-order valence-corrected chi connectivity index (χ1v) is 17.8. The molecule has 0 saturated carbocycles. The standard InChI is InChI=1S/C40H51N3O8/c1-7-10-19-31(45)41-29(24-49-6)35(27-17-12-11-13-18-27)50-39(48)32-30-20-21-40(51-30)33(32)37(46)43(28(9-3)23-44)36(40)38(47)42(22-8-2)34-25(4)15-14-16-26(34)5/h7-8,11-18,28-30,32-33,35-36,44H,1-2,9-10,19-24H2,3-6H3,(H,41,45)/t28-,29+,30-,32+,33+,35+,36-,40+/m0/s1. The first kappa shape index (κ1) is 37.9. The number of nitrogens with zero attached hydrogens (tertiary/aromatic N) is 2. The summed E-state index contributed by atoms with van der Waals surface area (Å²) < 4.78 is 18.5. The molecule has 2 aromatic rings. The monoisotopic (exact) mass is 701 g/mol. The van der Waals surface area contributed by atoms with Crippen molar-refractivity contribution < 1.29 is 38.5 Å². The zero-order valence-corrected chi connectivity index (χ0v) is 30.1. The lowest BCUT2D eigenvalue weighted by atomic mass is 9.70. The van der Waals surface area contributed by atoms with Crippen molar-refractivity contribution in [2.75, 3.05) is 31.8 Å². The molecule has 3 amide bonds. The van der Waals surface area contributed by atoms with Gasteiger partial charge in [-0.15, -0.1) is 13.2 Å². The molecule has 274 valence electrons. The number of para-hydroxylation sites is 1. The van der Waals surface area contributed by atoms with Crippen LogP contribution in [0.2, 0.25) is 0 Å². The molecule has 2 bridgehead atoms. The van der Waals surface area contributed by atoms with E-state index in [1.807, 2.05) is 57.2 Å². The van der Waals surface area contributed by atoms with Gasteiger partial charge in [-0.1, -0.05) is 67.6 Å². The zero-order valence-electron chi connectivity index (χ0n) is 30.1. The van der Waals surface area contributed by atoms with E-state index in [1.54, 1.807) is 29.2 Å². The van der Waals surface area contributed by atoms with Gasteiger partial charge in [-0.25, -0.2) is 0 Å². The minimum absolute atomic E-state index is 0.0556. The summed E-state index contributed by atoms with van der Waals surface area (Å²) in [5.41, 5.74) is 1.82. The number of aliphatic hydroxyl groups excluding tert-OH is 1. The lowest BCUT2D eigenvalue weighted by molar-refractivity contribution is -0.163. The third-order valence-electron chi connectivity index (χ3n) is 10.6. The van der Waals surface area contributed by atoms with Crippen LogP contribution in [0, 0.1) is 25.7 Å². The number of allylic oxidation sites excluding steroid dienone is 1. The molecule has 3 aliphatic rings. The normalized spacial score (nSPS) is 25.1. The van der Waals surface area contributed by atoms with Crippen LogP contribution in [-0.2, 0) is 33.4 Å². The highest BCUT2D eigenvalue weighted by atomic mass is 16.6. The molecule has 0 unspecified atom stereocenters. The van der Waals surface area contributed by atoms with Gasteiger partial charge in [-0.2, -0.15) is 0 Å². The van der Waals surface area contributed by atoms with E-state index in [0.29, 0.717) is 31.2 Å². The fourth-order valence-electron chi connectivity index (χ4n) is 8.37. The second-order valence-corrected chi connectivity index (χ2v) is 13.7. The van der Waals surface area contributed by atoms with Crippen LogP contribution in [0.1, 0.15) is 61.8 Å². The van der Waals surface area contributed by atoms with Gasteiger partial charge in [0.2, 0.25) is 11.8 Å². The molecule has 11 nitrogen and oxygen atoms in total. The summed E-state index contributed by atoms with van der Waals surface area (Å²) >= 11 is 0. The zero-order chi connectivity index (χ0) is 36.9.